The standard InChI is InChI=1S/C12H14N2O5/c13-9(12(18)19)4-5-10(15)14-8-3-1-2-7(6-8)11(16)17/h1-3,6,9H,4-5,13H2,(H,14,15)(H,16,17)(H,18,19)/t9-/m0/s1. The number of rotatable bonds is 6. The van der Waals surface area contributed by atoms with Crippen LogP contribution in [0.2, 0.25) is 0 Å². The number of carbonyl (C=O) groups excluding carboxylic acids is 1. The fourth-order valence-electron chi connectivity index (χ4n) is 1.36. The first-order valence-corrected chi connectivity index (χ1v) is 5.51. The highest BCUT2D eigenvalue weighted by atomic mass is 16.4. The van der Waals surface area contributed by atoms with Crippen LogP contribution in [-0.4, -0.2) is 34.1 Å². The van der Waals surface area contributed by atoms with Crippen molar-refractivity contribution in [2.45, 2.75) is 18.9 Å². The van der Waals surface area contributed by atoms with Gasteiger partial charge < -0.3 is 21.3 Å². The molecule has 0 saturated carbocycles. The van der Waals surface area contributed by atoms with E-state index in [0.29, 0.717) is 5.69 Å². The molecule has 0 aromatic heterocycles. The minimum Gasteiger partial charge on any atom is -0.480 e. The highest BCUT2D eigenvalue weighted by molar-refractivity contribution is 5.94. The van der Waals surface area contributed by atoms with Gasteiger partial charge >= 0.3 is 11.9 Å². The van der Waals surface area contributed by atoms with Gasteiger partial charge in [0.05, 0.1) is 5.56 Å². The third-order valence-electron chi connectivity index (χ3n) is 2.39. The monoisotopic (exact) mass is 266 g/mol. The lowest BCUT2D eigenvalue weighted by Gasteiger charge is -2.08. The molecule has 7 nitrogen and oxygen atoms in total. The van der Waals surface area contributed by atoms with Crippen molar-refractivity contribution in [3.8, 4) is 0 Å². The lowest BCUT2D eigenvalue weighted by Crippen LogP contribution is -2.31. The Morgan fingerprint density at radius 2 is 1.95 bits per heavy atom. The largest absolute Gasteiger partial charge is 0.480 e. The Labute approximate surface area is 109 Å². The summed E-state index contributed by atoms with van der Waals surface area (Å²) in [5.41, 5.74) is 5.66. The number of hydrogen-bond acceptors (Lipinski definition) is 4. The number of amides is 1. The van der Waals surface area contributed by atoms with Gasteiger partial charge in [-0.25, -0.2) is 4.79 Å². The van der Waals surface area contributed by atoms with Crippen LogP contribution in [0, 0.1) is 0 Å². The molecule has 1 atom stereocenters. The number of aromatic carboxylic acids is 1. The van der Waals surface area contributed by atoms with Crippen LogP contribution in [0.4, 0.5) is 5.69 Å². The van der Waals surface area contributed by atoms with E-state index in [0.717, 1.165) is 0 Å². The number of carbonyl (C=O) groups is 3. The molecule has 0 spiro atoms. The van der Waals surface area contributed by atoms with Crippen molar-refractivity contribution in [3.63, 3.8) is 0 Å². The number of hydrogen-bond donors (Lipinski definition) is 4. The molecular weight excluding hydrogens is 252 g/mol. The van der Waals surface area contributed by atoms with Gasteiger partial charge in [-0.2, -0.15) is 0 Å². The van der Waals surface area contributed by atoms with Gasteiger partial charge in [0.2, 0.25) is 5.91 Å². The topological polar surface area (TPSA) is 130 Å². The van der Waals surface area contributed by atoms with Crippen molar-refractivity contribution in [1.29, 1.82) is 0 Å². The summed E-state index contributed by atoms with van der Waals surface area (Å²) in [7, 11) is 0. The molecule has 1 aromatic carbocycles. The minimum absolute atomic E-state index is 0.0137. The Kier molecular flexibility index (Phi) is 5.01. The Morgan fingerprint density at radius 1 is 1.26 bits per heavy atom. The predicted molar refractivity (Wildman–Crippen MR) is 66.9 cm³/mol. The van der Waals surface area contributed by atoms with E-state index in [4.69, 9.17) is 15.9 Å². The highest BCUT2D eigenvalue weighted by Gasteiger charge is 2.13. The maximum atomic E-state index is 11.5. The first kappa shape index (κ1) is 14.7. The first-order valence-electron chi connectivity index (χ1n) is 5.51. The Bertz CT molecular complexity index is 501. The van der Waals surface area contributed by atoms with E-state index in [2.05, 4.69) is 5.32 Å². The predicted octanol–water partition coefficient (Wildman–Crippen LogP) is 0.515. The Morgan fingerprint density at radius 3 is 2.53 bits per heavy atom. The number of carboxylic acid groups (broad SMARTS) is 2. The molecule has 102 valence electrons. The van der Waals surface area contributed by atoms with Crippen molar-refractivity contribution in [3.05, 3.63) is 29.8 Å². The van der Waals surface area contributed by atoms with Gasteiger partial charge in [0.15, 0.2) is 0 Å². The molecule has 0 saturated heterocycles. The second kappa shape index (κ2) is 6.50. The van der Waals surface area contributed by atoms with Gasteiger partial charge in [-0.3, -0.25) is 9.59 Å². The van der Waals surface area contributed by atoms with Crippen molar-refractivity contribution in [2.24, 2.45) is 5.73 Å². The Balaban J connectivity index is 2.55. The average Bonchev–Trinajstić information content (AvgIpc) is 2.36. The molecule has 1 aromatic rings. The Hall–Kier alpha value is -2.41. The van der Waals surface area contributed by atoms with Crippen LogP contribution in [0.3, 0.4) is 0 Å². The zero-order chi connectivity index (χ0) is 14.4. The summed E-state index contributed by atoms with van der Waals surface area (Å²) in [4.78, 5) is 32.7. The second-order valence-corrected chi connectivity index (χ2v) is 3.92. The molecular formula is C12H14N2O5. The lowest BCUT2D eigenvalue weighted by molar-refractivity contribution is -0.138. The van der Waals surface area contributed by atoms with Gasteiger partial charge in [-0.15, -0.1) is 0 Å². The number of carboxylic acids is 2. The molecule has 1 rings (SSSR count). The number of nitrogens with one attached hydrogen (secondary N) is 1. The van der Waals surface area contributed by atoms with Crippen LogP contribution in [0.5, 0.6) is 0 Å². The van der Waals surface area contributed by atoms with Crippen LogP contribution < -0.4 is 11.1 Å². The summed E-state index contributed by atoms with van der Waals surface area (Å²) < 4.78 is 0. The smallest absolute Gasteiger partial charge is 0.335 e. The average molecular weight is 266 g/mol. The molecule has 0 heterocycles. The molecule has 0 bridgehead atoms. The quantitative estimate of drug-likeness (QED) is 0.593. The molecule has 0 aliphatic rings. The maximum Gasteiger partial charge on any atom is 0.335 e. The molecule has 5 N–H and O–H groups in total. The van der Waals surface area contributed by atoms with E-state index < -0.39 is 23.9 Å². The van der Waals surface area contributed by atoms with Gasteiger partial charge in [0, 0.05) is 12.1 Å². The summed E-state index contributed by atoms with van der Waals surface area (Å²) in [5.74, 6) is -2.68. The minimum atomic E-state index is -1.17. The third kappa shape index (κ3) is 4.76. The van der Waals surface area contributed by atoms with Crippen LogP contribution in [0.1, 0.15) is 23.2 Å². The van der Waals surface area contributed by atoms with E-state index in [1.807, 2.05) is 0 Å². The third-order valence-corrected chi connectivity index (χ3v) is 2.39. The molecule has 0 radical (unpaired) electrons. The fraction of sp³-hybridized carbons (Fsp3) is 0.250. The molecule has 1 amide bonds. The van der Waals surface area contributed by atoms with Crippen molar-refractivity contribution >= 4 is 23.5 Å². The van der Waals surface area contributed by atoms with E-state index in [9.17, 15) is 14.4 Å². The van der Waals surface area contributed by atoms with Gasteiger partial charge in [0.1, 0.15) is 6.04 Å². The maximum absolute atomic E-state index is 11.5. The van der Waals surface area contributed by atoms with Crippen molar-refractivity contribution in [2.75, 3.05) is 5.32 Å². The lowest BCUT2D eigenvalue weighted by atomic mass is 10.1. The van der Waals surface area contributed by atoms with E-state index in [1.165, 1.54) is 18.2 Å². The van der Waals surface area contributed by atoms with Crippen LogP contribution in [0.25, 0.3) is 0 Å². The van der Waals surface area contributed by atoms with Crippen molar-refractivity contribution in [1.82, 2.24) is 0 Å². The fourth-order valence-corrected chi connectivity index (χ4v) is 1.36. The number of aliphatic carboxylic acids is 1. The SMILES string of the molecule is N[C@@H](CCC(=O)Nc1cccc(C(=O)O)c1)C(=O)O. The highest BCUT2D eigenvalue weighted by Crippen LogP contribution is 2.11. The first-order chi connectivity index (χ1) is 8.90. The summed E-state index contributed by atoms with van der Waals surface area (Å²) in [6.45, 7) is 0. The normalized spacial score (nSPS) is 11.6. The number of nitrogens with two attached hydrogens (primary N) is 1. The summed E-state index contributed by atoms with van der Waals surface area (Å²) >= 11 is 0. The molecule has 7 heteroatoms. The van der Waals surface area contributed by atoms with E-state index >= 15 is 0 Å². The molecule has 0 aliphatic heterocycles. The zero-order valence-corrected chi connectivity index (χ0v) is 10.00. The molecule has 0 aliphatic carbocycles. The van der Waals surface area contributed by atoms with Gasteiger partial charge in [0.25, 0.3) is 0 Å². The van der Waals surface area contributed by atoms with Crippen LogP contribution >= 0.6 is 0 Å². The zero-order valence-electron chi connectivity index (χ0n) is 10.00. The van der Waals surface area contributed by atoms with E-state index in [1.54, 1.807) is 6.07 Å². The molecule has 19 heavy (non-hydrogen) atoms. The van der Waals surface area contributed by atoms with Gasteiger partial charge in [-0.1, -0.05) is 6.07 Å². The van der Waals surface area contributed by atoms with E-state index in [-0.39, 0.29) is 18.4 Å². The van der Waals surface area contributed by atoms with Crippen LogP contribution in [-0.2, 0) is 9.59 Å². The number of anilines is 1. The number of benzene rings is 1. The second-order valence-electron chi connectivity index (χ2n) is 3.92. The summed E-state index contributed by atoms with van der Waals surface area (Å²) in [6.07, 6.45) is -0.0371. The van der Waals surface area contributed by atoms with Crippen molar-refractivity contribution < 1.29 is 24.6 Å². The summed E-state index contributed by atoms with van der Waals surface area (Å²) in [5, 5.41) is 19.8. The molecule has 0 unspecified atom stereocenters. The summed E-state index contributed by atoms with van der Waals surface area (Å²) in [6, 6.07) is 4.68. The molecule has 0 fully saturated rings. The van der Waals surface area contributed by atoms with Gasteiger partial charge in [-0.05, 0) is 24.6 Å². The van der Waals surface area contributed by atoms with Crippen LogP contribution in [0.15, 0.2) is 24.3 Å².